The Bertz CT molecular complexity index is 1100. The number of nitrogens with two attached hydrogens (primary N) is 1. The van der Waals surface area contributed by atoms with Crippen LogP contribution < -0.4 is 10.5 Å². The van der Waals surface area contributed by atoms with Gasteiger partial charge in [-0.3, -0.25) is 4.79 Å². The van der Waals surface area contributed by atoms with Crippen LogP contribution in [0.15, 0.2) is 65.3 Å². The maximum Gasteiger partial charge on any atom is 0.248 e. The second-order valence-electron chi connectivity index (χ2n) is 5.82. The molecule has 1 aromatic heterocycles. The van der Waals surface area contributed by atoms with E-state index in [1.165, 1.54) is 0 Å². The van der Waals surface area contributed by atoms with E-state index in [1.54, 1.807) is 19.2 Å². The molecule has 0 unspecified atom stereocenters. The summed E-state index contributed by atoms with van der Waals surface area (Å²) in [5.41, 5.74) is 11.0. The van der Waals surface area contributed by atoms with Gasteiger partial charge in [0.2, 0.25) is 5.91 Å². The van der Waals surface area contributed by atoms with Crippen molar-refractivity contribution in [2.45, 2.75) is 0 Å². The van der Waals surface area contributed by atoms with E-state index in [1.807, 2.05) is 48.5 Å². The number of carbonyl (C=O) groups is 1. The van der Waals surface area contributed by atoms with E-state index in [-0.39, 0.29) is 0 Å². The zero-order chi connectivity index (χ0) is 18.1. The highest BCUT2D eigenvalue weighted by Gasteiger charge is 2.11. The van der Waals surface area contributed by atoms with Gasteiger partial charge in [0.1, 0.15) is 16.8 Å². The summed E-state index contributed by atoms with van der Waals surface area (Å²) in [7, 11) is 1.64. The zero-order valence-corrected chi connectivity index (χ0v) is 14.0. The number of nitrogens with zero attached hydrogens (tertiary/aromatic N) is 2. The number of fused-ring (bicyclic) bond motifs is 1. The summed E-state index contributed by atoms with van der Waals surface area (Å²) in [5, 5.41) is 7.73. The summed E-state index contributed by atoms with van der Waals surface area (Å²) in [5.74, 6) is 0.305. The Labute approximate surface area is 149 Å². The lowest BCUT2D eigenvalue weighted by Gasteiger charge is -2.11. The molecule has 1 heterocycles. The van der Waals surface area contributed by atoms with Gasteiger partial charge in [0.25, 0.3) is 0 Å². The normalized spacial score (nSPS) is 10.8. The van der Waals surface area contributed by atoms with Gasteiger partial charge in [-0.25, -0.2) is 4.63 Å². The minimum absolute atomic E-state index is 0.443. The van der Waals surface area contributed by atoms with Gasteiger partial charge in [-0.15, -0.1) is 0 Å². The molecule has 128 valence electrons. The third-order valence-electron chi connectivity index (χ3n) is 4.27. The lowest BCUT2D eigenvalue weighted by Crippen LogP contribution is -2.10. The van der Waals surface area contributed by atoms with Gasteiger partial charge < -0.3 is 10.5 Å². The number of amides is 1. The van der Waals surface area contributed by atoms with E-state index in [2.05, 4.69) is 10.3 Å². The van der Waals surface area contributed by atoms with Crippen molar-refractivity contribution >= 4 is 16.9 Å². The van der Waals surface area contributed by atoms with E-state index in [4.69, 9.17) is 15.1 Å². The largest absolute Gasteiger partial charge is 0.496 e. The van der Waals surface area contributed by atoms with Crippen LogP contribution in [0.2, 0.25) is 0 Å². The SMILES string of the molecule is COc1ccc(-c2ccc(C(N)=O)cc2)cc1-c1ccc2nonc2c1. The molecule has 6 heteroatoms. The van der Waals surface area contributed by atoms with Gasteiger partial charge in [-0.1, -0.05) is 24.3 Å². The van der Waals surface area contributed by atoms with E-state index < -0.39 is 5.91 Å². The molecule has 3 aromatic carbocycles. The summed E-state index contributed by atoms with van der Waals surface area (Å²) < 4.78 is 10.3. The van der Waals surface area contributed by atoms with Crippen molar-refractivity contribution in [2.24, 2.45) is 5.73 Å². The van der Waals surface area contributed by atoms with Crippen molar-refractivity contribution in [1.82, 2.24) is 10.3 Å². The first-order chi connectivity index (χ1) is 12.7. The highest BCUT2D eigenvalue weighted by molar-refractivity contribution is 5.93. The second-order valence-corrected chi connectivity index (χ2v) is 5.82. The molecule has 0 saturated carbocycles. The predicted octanol–water partition coefficient (Wildman–Crippen LogP) is 3.66. The molecule has 0 saturated heterocycles. The van der Waals surface area contributed by atoms with Crippen LogP contribution in [0.5, 0.6) is 5.75 Å². The van der Waals surface area contributed by atoms with Crippen molar-refractivity contribution in [3.63, 3.8) is 0 Å². The van der Waals surface area contributed by atoms with Crippen molar-refractivity contribution in [3.05, 3.63) is 66.2 Å². The van der Waals surface area contributed by atoms with Gasteiger partial charge in [0.15, 0.2) is 0 Å². The molecule has 0 fully saturated rings. The molecule has 0 bridgehead atoms. The highest BCUT2D eigenvalue weighted by atomic mass is 16.6. The first kappa shape index (κ1) is 15.8. The Balaban J connectivity index is 1.81. The van der Waals surface area contributed by atoms with Crippen LogP contribution in [0, 0.1) is 0 Å². The topological polar surface area (TPSA) is 91.2 Å². The standard InChI is InChI=1S/C20H15N3O3/c1-25-19-9-7-14(12-2-4-13(5-3-12)20(21)24)10-16(19)15-6-8-17-18(11-15)23-26-22-17/h2-11H,1H3,(H2,21,24). The molecule has 4 rings (SSSR count). The van der Waals surface area contributed by atoms with Gasteiger partial charge in [0, 0.05) is 11.1 Å². The number of aromatic nitrogens is 2. The molecule has 4 aromatic rings. The summed E-state index contributed by atoms with van der Waals surface area (Å²) in [6.45, 7) is 0. The Kier molecular flexibility index (Phi) is 3.85. The van der Waals surface area contributed by atoms with Crippen LogP contribution in [0.1, 0.15) is 10.4 Å². The quantitative estimate of drug-likeness (QED) is 0.609. The van der Waals surface area contributed by atoms with E-state index >= 15 is 0 Å². The van der Waals surface area contributed by atoms with Gasteiger partial charge >= 0.3 is 0 Å². The van der Waals surface area contributed by atoms with Crippen LogP contribution in [-0.2, 0) is 0 Å². The van der Waals surface area contributed by atoms with Crippen LogP contribution in [0.4, 0.5) is 0 Å². The van der Waals surface area contributed by atoms with Crippen LogP contribution >= 0.6 is 0 Å². The minimum Gasteiger partial charge on any atom is -0.496 e. The molecule has 1 amide bonds. The maximum absolute atomic E-state index is 11.2. The highest BCUT2D eigenvalue weighted by Crippen LogP contribution is 2.35. The Morgan fingerprint density at radius 2 is 1.58 bits per heavy atom. The predicted molar refractivity (Wildman–Crippen MR) is 97.7 cm³/mol. The molecule has 0 spiro atoms. The Morgan fingerprint density at radius 3 is 2.31 bits per heavy atom. The molecule has 0 radical (unpaired) electrons. The maximum atomic E-state index is 11.2. The van der Waals surface area contributed by atoms with Crippen molar-refractivity contribution < 1.29 is 14.2 Å². The first-order valence-electron chi connectivity index (χ1n) is 7.96. The van der Waals surface area contributed by atoms with Gasteiger partial charge in [-0.2, -0.15) is 0 Å². The van der Waals surface area contributed by atoms with Crippen LogP contribution in [0.25, 0.3) is 33.3 Å². The van der Waals surface area contributed by atoms with Crippen molar-refractivity contribution in [2.75, 3.05) is 7.11 Å². The second kappa shape index (κ2) is 6.33. The van der Waals surface area contributed by atoms with Crippen molar-refractivity contribution in [1.29, 1.82) is 0 Å². The molecule has 0 atom stereocenters. The van der Waals surface area contributed by atoms with E-state index in [9.17, 15) is 4.79 Å². The number of hydrogen-bond donors (Lipinski definition) is 1. The first-order valence-corrected chi connectivity index (χ1v) is 7.96. The molecule has 2 N–H and O–H groups in total. The lowest BCUT2D eigenvalue weighted by molar-refractivity contribution is 0.100. The number of methoxy groups -OCH3 is 1. The molecule has 0 aliphatic heterocycles. The molecule has 6 nitrogen and oxygen atoms in total. The average molecular weight is 345 g/mol. The lowest BCUT2D eigenvalue weighted by atomic mass is 9.97. The van der Waals surface area contributed by atoms with Crippen molar-refractivity contribution in [3.8, 4) is 28.0 Å². The number of rotatable bonds is 4. The number of primary amides is 1. The number of benzene rings is 3. The number of hydrogen-bond acceptors (Lipinski definition) is 5. The monoisotopic (exact) mass is 345 g/mol. The fraction of sp³-hybridized carbons (Fsp3) is 0.0500. The third-order valence-corrected chi connectivity index (χ3v) is 4.27. The van der Waals surface area contributed by atoms with Gasteiger partial charge in [0.05, 0.1) is 7.11 Å². The zero-order valence-electron chi connectivity index (χ0n) is 14.0. The minimum atomic E-state index is -0.443. The Morgan fingerprint density at radius 1 is 0.885 bits per heavy atom. The summed E-state index contributed by atoms with van der Waals surface area (Å²) in [6.07, 6.45) is 0. The smallest absolute Gasteiger partial charge is 0.248 e. The molecular formula is C20H15N3O3. The Hall–Kier alpha value is -3.67. The number of carbonyl (C=O) groups excluding carboxylic acids is 1. The third kappa shape index (κ3) is 2.77. The number of ether oxygens (including phenoxy) is 1. The summed E-state index contributed by atoms with van der Waals surface area (Å²) in [6, 6.07) is 18.8. The molecule has 0 aliphatic carbocycles. The summed E-state index contributed by atoms with van der Waals surface area (Å²) in [4.78, 5) is 11.2. The van der Waals surface area contributed by atoms with E-state index in [0.29, 0.717) is 16.6 Å². The molecule has 26 heavy (non-hydrogen) atoms. The molecular weight excluding hydrogens is 330 g/mol. The van der Waals surface area contributed by atoms with Crippen LogP contribution in [0.3, 0.4) is 0 Å². The van der Waals surface area contributed by atoms with E-state index in [0.717, 1.165) is 28.0 Å². The molecule has 0 aliphatic rings. The van der Waals surface area contributed by atoms with Crippen LogP contribution in [-0.4, -0.2) is 23.3 Å². The average Bonchev–Trinajstić information content (AvgIpc) is 3.15. The fourth-order valence-electron chi connectivity index (χ4n) is 2.89. The summed E-state index contributed by atoms with van der Waals surface area (Å²) >= 11 is 0. The van der Waals surface area contributed by atoms with Gasteiger partial charge in [-0.05, 0) is 63.4 Å². The fourth-order valence-corrected chi connectivity index (χ4v) is 2.89.